The molecule has 0 saturated carbocycles. The minimum Gasteiger partial charge on any atom is -0.462 e. The van der Waals surface area contributed by atoms with Crippen molar-refractivity contribution >= 4 is 17.9 Å². The number of carbonyl (C=O) groups excluding carboxylic acids is 3. The monoisotopic (exact) mass is 1070 g/mol. The summed E-state index contributed by atoms with van der Waals surface area (Å²) < 4.78 is 16.8. The van der Waals surface area contributed by atoms with Crippen LogP contribution in [-0.4, -0.2) is 37.2 Å². The molecule has 6 heteroatoms. The molecule has 1 atom stereocenters. The highest BCUT2D eigenvalue weighted by atomic mass is 16.6. The highest BCUT2D eigenvalue weighted by Crippen LogP contribution is 2.16. The fourth-order valence-electron chi connectivity index (χ4n) is 8.91. The SMILES string of the molecule is CC/C=C\C/C=C\C/C=C\C/C=C\C/C=C\C/C=C\CCC(=O)OC(COC(=O)CCCCCCC/C=C\CCCCCCCC)COC(=O)CCCCCCCCCCCCCCC/C=C\C/C=C\CCCCCCC. The molecule has 440 valence electrons. The van der Waals surface area contributed by atoms with Crippen molar-refractivity contribution in [1.29, 1.82) is 0 Å². The lowest BCUT2D eigenvalue weighted by atomic mass is 10.0. The summed E-state index contributed by atoms with van der Waals surface area (Å²) in [6.07, 6.45) is 88.2. The summed E-state index contributed by atoms with van der Waals surface area (Å²) in [5.41, 5.74) is 0. The van der Waals surface area contributed by atoms with Crippen LogP contribution in [0.25, 0.3) is 0 Å². The molecule has 0 spiro atoms. The Balaban J connectivity index is 4.43. The Morgan fingerprint density at radius 3 is 0.857 bits per heavy atom. The van der Waals surface area contributed by atoms with Crippen molar-refractivity contribution in [2.45, 2.75) is 309 Å². The maximum Gasteiger partial charge on any atom is 0.306 e. The Hall–Kier alpha value is -3.93. The average molecular weight is 1070 g/mol. The maximum atomic E-state index is 12.9. The molecular formula is C71H120O6. The van der Waals surface area contributed by atoms with Gasteiger partial charge in [0.05, 0.1) is 0 Å². The smallest absolute Gasteiger partial charge is 0.306 e. The molecule has 0 saturated heterocycles. The first-order valence-electron chi connectivity index (χ1n) is 32.4. The summed E-state index contributed by atoms with van der Waals surface area (Å²) in [7, 11) is 0. The van der Waals surface area contributed by atoms with E-state index in [1.54, 1.807) is 0 Å². The Labute approximate surface area is 476 Å². The number of ether oxygens (including phenoxy) is 3. The highest BCUT2D eigenvalue weighted by Gasteiger charge is 2.19. The fraction of sp³-hybridized carbons (Fsp3) is 0.704. The molecular weight excluding hydrogens is 949 g/mol. The van der Waals surface area contributed by atoms with Crippen molar-refractivity contribution in [3.63, 3.8) is 0 Å². The van der Waals surface area contributed by atoms with Crippen LogP contribution in [0, 0.1) is 0 Å². The molecule has 0 amide bonds. The molecule has 0 aromatic carbocycles. The molecule has 0 radical (unpaired) electrons. The molecule has 0 aliphatic carbocycles. The van der Waals surface area contributed by atoms with Crippen LogP contribution < -0.4 is 0 Å². The standard InChI is InChI=1S/C71H120O6/c1-4-7-10-13-16-19-22-25-28-30-32-33-34-35-36-37-39-40-43-46-49-52-55-58-61-64-70(73)76-67-68(66-75-69(72)63-60-57-54-51-48-45-42-27-24-21-18-15-12-9-6-3)77-71(74)65-62-59-56-53-50-47-44-41-38-31-29-26-23-20-17-14-11-8-5-2/h8,11,17,20,22,25-27,29-30,32,38,41-42,47,50,56,59,68H,4-7,9-10,12-16,18-19,21,23-24,28,31,33-37,39-40,43-46,48-49,51-55,57-58,60-67H2,1-3H3/b11-8-,20-17-,25-22-,29-26-,32-30-,41-38-,42-27-,50-47-,59-56-. The predicted molar refractivity (Wildman–Crippen MR) is 334 cm³/mol. The van der Waals surface area contributed by atoms with E-state index in [0.717, 1.165) is 96.3 Å². The van der Waals surface area contributed by atoms with E-state index in [2.05, 4.69) is 124 Å². The fourth-order valence-corrected chi connectivity index (χ4v) is 8.91. The Bertz CT molecular complexity index is 1560. The summed E-state index contributed by atoms with van der Waals surface area (Å²) in [6.45, 7) is 6.46. The normalized spacial score (nSPS) is 12.8. The van der Waals surface area contributed by atoms with Gasteiger partial charge in [0.2, 0.25) is 0 Å². The van der Waals surface area contributed by atoms with E-state index in [1.807, 2.05) is 6.08 Å². The van der Waals surface area contributed by atoms with Gasteiger partial charge in [-0.15, -0.1) is 0 Å². The van der Waals surface area contributed by atoms with Gasteiger partial charge in [-0.3, -0.25) is 14.4 Å². The second kappa shape index (κ2) is 64.6. The Kier molecular flexibility index (Phi) is 61.3. The zero-order valence-corrected chi connectivity index (χ0v) is 50.4. The van der Waals surface area contributed by atoms with Crippen molar-refractivity contribution in [3.05, 3.63) is 109 Å². The van der Waals surface area contributed by atoms with Gasteiger partial charge in [0.15, 0.2) is 6.10 Å². The van der Waals surface area contributed by atoms with E-state index in [4.69, 9.17) is 14.2 Å². The van der Waals surface area contributed by atoms with Crippen molar-refractivity contribution in [3.8, 4) is 0 Å². The van der Waals surface area contributed by atoms with Crippen LogP contribution in [0.3, 0.4) is 0 Å². The van der Waals surface area contributed by atoms with Crippen LogP contribution in [-0.2, 0) is 28.6 Å². The molecule has 0 aromatic heterocycles. The first kappa shape index (κ1) is 73.1. The molecule has 0 aliphatic heterocycles. The summed E-state index contributed by atoms with van der Waals surface area (Å²) in [5, 5.41) is 0. The zero-order chi connectivity index (χ0) is 55.7. The van der Waals surface area contributed by atoms with E-state index in [0.29, 0.717) is 19.3 Å². The van der Waals surface area contributed by atoms with Gasteiger partial charge in [0, 0.05) is 19.3 Å². The largest absolute Gasteiger partial charge is 0.462 e. The number of rotatable bonds is 58. The van der Waals surface area contributed by atoms with E-state index in [-0.39, 0.29) is 31.6 Å². The lowest BCUT2D eigenvalue weighted by Gasteiger charge is -2.18. The van der Waals surface area contributed by atoms with Crippen molar-refractivity contribution < 1.29 is 28.6 Å². The van der Waals surface area contributed by atoms with Crippen LogP contribution in [0.2, 0.25) is 0 Å². The average Bonchev–Trinajstić information content (AvgIpc) is 3.43. The number of hydrogen-bond acceptors (Lipinski definition) is 6. The Morgan fingerprint density at radius 2 is 0.532 bits per heavy atom. The molecule has 0 rings (SSSR count). The first-order chi connectivity index (χ1) is 38.0. The molecule has 0 N–H and O–H groups in total. The second-order valence-corrected chi connectivity index (χ2v) is 21.3. The maximum absolute atomic E-state index is 12.9. The predicted octanol–water partition coefficient (Wildman–Crippen LogP) is 22.2. The molecule has 0 aliphatic rings. The number of hydrogen-bond donors (Lipinski definition) is 0. The molecule has 0 bridgehead atoms. The molecule has 6 nitrogen and oxygen atoms in total. The topological polar surface area (TPSA) is 78.9 Å². The minimum absolute atomic E-state index is 0.111. The number of carbonyl (C=O) groups is 3. The van der Waals surface area contributed by atoms with Crippen molar-refractivity contribution in [1.82, 2.24) is 0 Å². The van der Waals surface area contributed by atoms with Crippen LogP contribution in [0.15, 0.2) is 109 Å². The molecule has 1 unspecified atom stereocenters. The molecule has 77 heavy (non-hydrogen) atoms. The lowest BCUT2D eigenvalue weighted by molar-refractivity contribution is -0.166. The third-order valence-corrected chi connectivity index (χ3v) is 13.7. The number of unbranched alkanes of at least 4 members (excludes halogenated alkanes) is 29. The van der Waals surface area contributed by atoms with E-state index in [1.165, 1.54) is 161 Å². The van der Waals surface area contributed by atoms with Crippen LogP contribution >= 0.6 is 0 Å². The van der Waals surface area contributed by atoms with Gasteiger partial charge in [-0.2, -0.15) is 0 Å². The van der Waals surface area contributed by atoms with E-state index >= 15 is 0 Å². The third-order valence-electron chi connectivity index (χ3n) is 13.7. The molecule has 0 aromatic rings. The number of esters is 3. The minimum atomic E-state index is -0.825. The second-order valence-electron chi connectivity index (χ2n) is 21.3. The zero-order valence-electron chi connectivity index (χ0n) is 50.4. The Morgan fingerprint density at radius 1 is 0.273 bits per heavy atom. The molecule has 0 fully saturated rings. The van der Waals surface area contributed by atoms with Crippen LogP contribution in [0.4, 0.5) is 0 Å². The van der Waals surface area contributed by atoms with Gasteiger partial charge >= 0.3 is 17.9 Å². The third kappa shape index (κ3) is 62.8. The van der Waals surface area contributed by atoms with Gasteiger partial charge in [-0.1, -0.05) is 278 Å². The van der Waals surface area contributed by atoms with E-state index in [9.17, 15) is 14.4 Å². The summed E-state index contributed by atoms with van der Waals surface area (Å²) >= 11 is 0. The van der Waals surface area contributed by atoms with Crippen LogP contribution in [0.5, 0.6) is 0 Å². The van der Waals surface area contributed by atoms with Crippen LogP contribution in [0.1, 0.15) is 303 Å². The van der Waals surface area contributed by atoms with Crippen molar-refractivity contribution in [2.75, 3.05) is 13.2 Å². The van der Waals surface area contributed by atoms with Gasteiger partial charge in [-0.25, -0.2) is 0 Å². The summed E-state index contributed by atoms with van der Waals surface area (Å²) in [6, 6.07) is 0. The lowest BCUT2D eigenvalue weighted by Crippen LogP contribution is -2.30. The van der Waals surface area contributed by atoms with Gasteiger partial charge < -0.3 is 14.2 Å². The van der Waals surface area contributed by atoms with Gasteiger partial charge in [0.25, 0.3) is 0 Å². The molecule has 0 heterocycles. The summed E-state index contributed by atoms with van der Waals surface area (Å²) in [5.74, 6) is -0.998. The quantitative estimate of drug-likeness (QED) is 0.0261. The van der Waals surface area contributed by atoms with E-state index < -0.39 is 12.1 Å². The highest BCUT2D eigenvalue weighted by molar-refractivity contribution is 5.71. The first-order valence-corrected chi connectivity index (χ1v) is 32.4. The van der Waals surface area contributed by atoms with Crippen molar-refractivity contribution in [2.24, 2.45) is 0 Å². The van der Waals surface area contributed by atoms with Gasteiger partial charge in [0.1, 0.15) is 13.2 Å². The van der Waals surface area contributed by atoms with Gasteiger partial charge in [-0.05, 0) is 116 Å². The summed E-state index contributed by atoms with van der Waals surface area (Å²) in [4.78, 5) is 38.3. The number of allylic oxidation sites excluding steroid dienone is 18.